The highest BCUT2D eigenvalue weighted by Crippen LogP contribution is 2.30. The number of hydrogen-bond acceptors (Lipinski definition) is 3. The van der Waals surface area contributed by atoms with Gasteiger partial charge in [0.1, 0.15) is 11.6 Å². The maximum atomic E-state index is 13.5. The minimum Gasteiger partial charge on any atom is -0.506 e. The highest BCUT2D eigenvalue weighted by atomic mass is 35.5. The quantitative estimate of drug-likeness (QED) is 0.854. The Morgan fingerprint density at radius 3 is 2.47 bits per heavy atom. The van der Waals surface area contributed by atoms with Gasteiger partial charge in [0.2, 0.25) is 0 Å². The van der Waals surface area contributed by atoms with E-state index in [1.54, 1.807) is 6.07 Å². The van der Waals surface area contributed by atoms with E-state index in [4.69, 9.17) is 11.6 Å². The average molecular weight is 281 g/mol. The molecule has 0 saturated heterocycles. The summed E-state index contributed by atoms with van der Waals surface area (Å²) in [4.78, 5) is 11.4. The Hall–Kier alpha value is -2.07. The molecule has 0 atom stereocenters. The van der Waals surface area contributed by atoms with Crippen LogP contribution in [-0.4, -0.2) is 18.2 Å². The van der Waals surface area contributed by atoms with Crippen LogP contribution in [-0.2, 0) is 4.74 Å². The molecule has 0 aromatic heterocycles. The van der Waals surface area contributed by atoms with Crippen molar-refractivity contribution in [3.63, 3.8) is 0 Å². The van der Waals surface area contributed by atoms with Crippen LogP contribution < -0.4 is 0 Å². The topological polar surface area (TPSA) is 46.5 Å². The first-order chi connectivity index (χ1) is 9.02. The van der Waals surface area contributed by atoms with E-state index in [2.05, 4.69) is 4.74 Å². The van der Waals surface area contributed by atoms with Crippen LogP contribution in [0.3, 0.4) is 0 Å². The summed E-state index contributed by atoms with van der Waals surface area (Å²) in [6, 6.07) is 8.67. The van der Waals surface area contributed by atoms with Crippen molar-refractivity contribution >= 4 is 17.6 Å². The van der Waals surface area contributed by atoms with Gasteiger partial charge in [0.05, 0.1) is 17.7 Å². The van der Waals surface area contributed by atoms with Gasteiger partial charge in [-0.2, -0.15) is 0 Å². The summed E-state index contributed by atoms with van der Waals surface area (Å²) in [5.74, 6) is -1.49. The number of ether oxygens (including phenoxy) is 1. The SMILES string of the molecule is COC(=O)c1cc(-c2ccc(Cl)c(O)c2)ccc1F. The minimum absolute atomic E-state index is 0.0805. The molecule has 3 nitrogen and oxygen atoms in total. The third-order valence-electron chi connectivity index (χ3n) is 2.65. The van der Waals surface area contributed by atoms with Crippen molar-refractivity contribution in [3.8, 4) is 16.9 Å². The first kappa shape index (κ1) is 13.4. The van der Waals surface area contributed by atoms with Crippen LogP contribution in [0.4, 0.5) is 4.39 Å². The lowest BCUT2D eigenvalue weighted by Crippen LogP contribution is -2.04. The minimum atomic E-state index is -0.752. The molecule has 0 bridgehead atoms. The Morgan fingerprint density at radius 1 is 1.21 bits per heavy atom. The number of aromatic hydroxyl groups is 1. The Balaban J connectivity index is 2.51. The summed E-state index contributed by atoms with van der Waals surface area (Å²) in [5, 5.41) is 9.76. The van der Waals surface area contributed by atoms with Crippen molar-refractivity contribution in [2.45, 2.75) is 0 Å². The van der Waals surface area contributed by atoms with Crippen molar-refractivity contribution in [1.29, 1.82) is 0 Å². The number of halogens is 2. The predicted octanol–water partition coefficient (Wildman–Crippen LogP) is 3.64. The molecule has 0 aliphatic heterocycles. The normalized spacial score (nSPS) is 10.3. The lowest BCUT2D eigenvalue weighted by Gasteiger charge is -2.07. The molecule has 5 heteroatoms. The molecule has 0 saturated carbocycles. The first-order valence-corrected chi connectivity index (χ1v) is 5.77. The van der Waals surface area contributed by atoms with Crippen molar-refractivity contribution in [2.24, 2.45) is 0 Å². The molecule has 98 valence electrons. The molecule has 0 amide bonds. The fraction of sp³-hybridized carbons (Fsp3) is 0.0714. The van der Waals surface area contributed by atoms with E-state index in [9.17, 15) is 14.3 Å². The number of hydrogen-bond donors (Lipinski definition) is 1. The largest absolute Gasteiger partial charge is 0.506 e. The van der Waals surface area contributed by atoms with Crippen LogP contribution in [0.1, 0.15) is 10.4 Å². The monoisotopic (exact) mass is 280 g/mol. The second kappa shape index (κ2) is 5.28. The number of phenolic OH excluding ortho intramolecular Hbond substituents is 1. The lowest BCUT2D eigenvalue weighted by molar-refractivity contribution is 0.0595. The third-order valence-corrected chi connectivity index (χ3v) is 2.97. The molecule has 0 aliphatic rings. The number of phenols is 1. The fourth-order valence-electron chi connectivity index (χ4n) is 1.66. The number of benzene rings is 2. The van der Waals surface area contributed by atoms with Gasteiger partial charge < -0.3 is 9.84 Å². The van der Waals surface area contributed by atoms with Crippen LogP contribution in [0.25, 0.3) is 11.1 Å². The summed E-state index contributed by atoms with van der Waals surface area (Å²) < 4.78 is 18.0. The summed E-state index contributed by atoms with van der Waals surface area (Å²) in [6.07, 6.45) is 0. The molecule has 0 fully saturated rings. The molecule has 2 aromatic rings. The number of esters is 1. The van der Waals surface area contributed by atoms with Crippen LogP contribution in [0.2, 0.25) is 5.02 Å². The summed E-state index contributed by atoms with van der Waals surface area (Å²) in [6.45, 7) is 0. The number of rotatable bonds is 2. The van der Waals surface area contributed by atoms with Gasteiger partial charge in [-0.3, -0.25) is 0 Å². The maximum Gasteiger partial charge on any atom is 0.340 e. The number of carbonyl (C=O) groups is 1. The standard InChI is InChI=1S/C14H10ClFO3/c1-19-14(18)10-6-8(3-5-12(10)16)9-2-4-11(15)13(17)7-9/h2-7,17H,1H3. The molecule has 0 aliphatic carbocycles. The van der Waals surface area contributed by atoms with Crippen LogP contribution in [0, 0.1) is 5.82 Å². The van der Waals surface area contributed by atoms with E-state index in [-0.39, 0.29) is 16.3 Å². The van der Waals surface area contributed by atoms with Crippen molar-refractivity contribution in [3.05, 3.63) is 52.8 Å². The summed E-state index contributed by atoms with van der Waals surface area (Å²) in [7, 11) is 1.18. The Bertz CT molecular complexity index is 641. The van der Waals surface area contributed by atoms with E-state index in [1.165, 1.54) is 37.4 Å². The molecule has 0 heterocycles. The summed E-state index contributed by atoms with van der Waals surface area (Å²) in [5.41, 5.74) is 1.04. The van der Waals surface area contributed by atoms with Gasteiger partial charge in [-0.1, -0.05) is 23.7 Å². The van der Waals surface area contributed by atoms with Crippen molar-refractivity contribution < 1.29 is 19.0 Å². The highest BCUT2D eigenvalue weighted by Gasteiger charge is 2.13. The van der Waals surface area contributed by atoms with Gasteiger partial charge in [-0.25, -0.2) is 9.18 Å². The average Bonchev–Trinajstić information content (AvgIpc) is 2.41. The van der Waals surface area contributed by atoms with E-state index < -0.39 is 11.8 Å². The molecular weight excluding hydrogens is 271 g/mol. The molecule has 2 rings (SSSR count). The lowest BCUT2D eigenvalue weighted by atomic mass is 10.0. The molecule has 2 aromatic carbocycles. The molecule has 0 unspecified atom stereocenters. The van der Waals surface area contributed by atoms with E-state index in [1.807, 2.05) is 0 Å². The van der Waals surface area contributed by atoms with E-state index >= 15 is 0 Å². The van der Waals surface area contributed by atoms with E-state index in [0.717, 1.165) is 0 Å². The second-order valence-electron chi connectivity index (χ2n) is 3.85. The highest BCUT2D eigenvalue weighted by molar-refractivity contribution is 6.32. The van der Waals surface area contributed by atoms with Gasteiger partial charge in [-0.15, -0.1) is 0 Å². The predicted molar refractivity (Wildman–Crippen MR) is 69.9 cm³/mol. The second-order valence-corrected chi connectivity index (χ2v) is 4.26. The van der Waals surface area contributed by atoms with Gasteiger partial charge >= 0.3 is 5.97 Å². The zero-order valence-corrected chi connectivity index (χ0v) is 10.7. The van der Waals surface area contributed by atoms with Gasteiger partial charge in [0.15, 0.2) is 0 Å². The maximum absolute atomic E-state index is 13.5. The van der Waals surface area contributed by atoms with Crippen LogP contribution >= 0.6 is 11.6 Å². The Morgan fingerprint density at radius 2 is 1.84 bits per heavy atom. The summed E-state index contributed by atoms with van der Waals surface area (Å²) >= 11 is 5.71. The van der Waals surface area contributed by atoms with E-state index in [0.29, 0.717) is 11.1 Å². The first-order valence-electron chi connectivity index (χ1n) is 5.39. The molecule has 0 spiro atoms. The smallest absolute Gasteiger partial charge is 0.340 e. The zero-order valence-electron chi connectivity index (χ0n) is 9.98. The van der Waals surface area contributed by atoms with Crippen molar-refractivity contribution in [1.82, 2.24) is 0 Å². The molecule has 0 radical (unpaired) electrons. The molecule has 19 heavy (non-hydrogen) atoms. The van der Waals surface area contributed by atoms with Crippen molar-refractivity contribution in [2.75, 3.05) is 7.11 Å². The van der Waals surface area contributed by atoms with Gasteiger partial charge in [-0.05, 0) is 35.4 Å². The van der Waals surface area contributed by atoms with Crippen LogP contribution in [0.5, 0.6) is 5.75 Å². The van der Waals surface area contributed by atoms with Crippen LogP contribution in [0.15, 0.2) is 36.4 Å². The number of carbonyl (C=O) groups excluding carboxylic acids is 1. The third kappa shape index (κ3) is 2.69. The fourth-order valence-corrected chi connectivity index (χ4v) is 1.78. The van der Waals surface area contributed by atoms with Gasteiger partial charge in [0.25, 0.3) is 0 Å². The Labute approximate surface area is 114 Å². The molecule has 1 N–H and O–H groups in total. The Kier molecular flexibility index (Phi) is 3.71. The molecular formula is C14H10ClFO3. The number of methoxy groups -OCH3 is 1. The zero-order chi connectivity index (χ0) is 14.0. The van der Waals surface area contributed by atoms with Gasteiger partial charge in [0, 0.05) is 0 Å².